The van der Waals surface area contributed by atoms with E-state index in [1.165, 1.54) is 6.07 Å². The first kappa shape index (κ1) is 16.0. The number of aliphatic carboxylic acids is 1. The van der Waals surface area contributed by atoms with Crippen molar-refractivity contribution in [1.82, 2.24) is 0 Å². The third kappa shape index (κ3) is 2.43. The molecule has 3 aliphatic rings. The van der Waals surface area contributed by atoms with Gasteiger partial charge in [0.05, 0.1) is 17.0 Å². The minimum Gasteiger partial charge on any atom is -0.481 e. The fourth-order valence-corrected chi connectivity index (χ4v) is 4.94. The average molecular weight is 315 g/mol. The average Bonchev–Trinajstić information content (AvgIpc) is 2.55. The summed E-state index contributed by atoms with van der Waals surface area (Å²) in [6, 6.07) is 6.40. The highest BCUT2D eigenvalue weighted by Gasteiger charge is 2.58. The Hall–Kier alpha value is -1.89. The molecular formula is C19H22FNO2. The monoisotopic (exact) mass is 315 g/mol. The number of halogens is 1. The molecule has 23 heavy (non-hydrogen) atoms. The van der Waals surface area contributed by atoms with E-state index in [0.717, 1.165) is 32.1 Å². The van der Waals surface area contributed by atoms with Crippen molar-refractivity contribution >= 4 is 5.97 Å². The molecule has 1 unspecified atom stereocenters. The first-order valence-corrected chi connectivity index (χ1v) is 8.39. The normalized spacial score (nSPS) is 32.5. The lowest BCUT2D eigenvalue weighted by Crippen LogP contribution is -2.51. The van der Waals surface area contributed by atoms with Crippen LogP contribution < -0.4 is 0 Å². The fourth-order valence-electron chi connectivity index (χ4n) is 4.94. The molecule has 0 amide bonds. The highest BCUT2D eigenvalue weighted by molar-refractivity contribution is 5.77. The Morgan fingerprint density at radius 3 is 2.61 bits per heavy atom. The number of hydrogen-bond acceptors (Lipinski definition) is 2. The van der Waals surface area contributed by atoms with Crippen molar-refractivity contribution in [3.63, 3.8) is 0 Å². The van der Waals surface area contributed by atoms with Gasteiger partial charge in [-0.3, -0.25) is 4.79 Å². The predicted octanol–water partition coefficient (Wildman–Crippen LogP) is 4.62. The lowest BCUT2D eigenvalue weighted by atomic mass is 9.47. The summed E-state index contributed by atoms with van der Waals surface area (Å²) >= 11 is 0. The van der Waals surface area contributed by atoms with Crippen molar-refractivity contribution in [2.75, 3.05) is 0 Å². The molecule has 0 radical (unpaired) electrons. The molecule has 0 heterocycles. The smallest absolute Gasteiger partial charge is 0.310 e. The Morgan fingerprint density at radius 1 is 1.39 bits per heavy atom. The lowest BCUT2D eigenvalue weighted by Gasteiger charge is -2.56. The van der Waals surface area contributed by atoms with Crippen LogP contribution in [0.25, 0.3) is 0 Å². The Bertz CT molecular complexity index is 668. The molecule has 4 rings (SSSR count). The van der Waals surface area contributed by atoms with Gasteiger partial charge in [-0.25, -0.2) is 4.39 Å². The number of carbonyl (C=O) groups is 1. The van der Waals surface area contributed by atoms with Crippen molar-refractivity contribution in [2.24, 2.45) is 10.8 Å². The molecule has 3 aliphatic carbocycles. The first-order chi connectivity index (χ1) is 11.0. The minimum absolute atomic E-state index is 0.164. The number of rotatable bonds is 4. The molecular weight excluding hydrogens is 293 g/mol. The van der Waals surface area contributed by atoms with Crippen LogP contribution in [0.3, 0.4) is 0 Å². The van der Waals surface area contributed by atoms with Gasteiger partial charge in [-0.1, -0.05) is 19.4 Å². The molecule has 3 fully saturated rings. The summed E-state index contributed by atoms with van der Waals surface area (Å²) < 4.78 is 14.5. The van der Waals surface area contributed by atoms with Gasteiger partial charge in [-0.15, -0.1) is 0 Å². The second-order valence-corrected chi connectivity index (χ2v) is 7.32. The zero-order chi connectivity index (χ0) is 16.7. The number of nitrogens with zero attached hydrogens (tertiary/aromatic N) is 1. The predicted molar refractivity (Wildman–Crippen MR) is 84.4 cm³/mol. The number of benzene rings is 1. The van der Waals surface area contributed by atoms with Gasteiger partial charge < -0.3 is 5.11 Å². The summed E-state index contributed by atoms with van der Waals surface area (Å²) in [5.41, 5.74) is 0.0766. The number of carboxylic acids is 1. The van der Waals surface area contributed by atoms with E-state index >= 15 is 0 Å². The number of nitriles is 1. The van der Waals surface area contributed by atoms with Gasteiger partial charge in [-0.2, -0.15) is 5.26 Å². The summed E-state index contributed by atoms with van der Waals surface area (Å²) in [5, 5.41) is 18.8. The highest BCUT2D eigenvalue weighted by atomic mass is 19.1. The van der Waals surface area contributed by atoms with Crippen LogP contribution in [0.15, 0.2) is 18.2 Å². The Balaban J connectivity index is 2.04. The van der Waals surface area contributed by atoms with E-state index in [1.807, 2.05) is 6.07 Å². The molecule has 1 atom stereocenters. The van der Waals surface area contributed by atoms with Gasteiger partial charge >= 0.3 is 5.97 Å². The van der Waals surface area contributed by atoms with Crippen LogP contribution in [0.2, 0.25) is 0 Å². The van der Waals surface area contributed by atoms with Crippen LogP contribution in [-0.4, -0.2) is 11.1 Å². The van der Waals surface area contributed by atoms with E-state index in [4.69, 9.17) is 5.26 Å². The molecule has 0 spiro atoms. The summed E-state index contributed by atoms with van der Waals surface area (Å²) in [7, 11) is 0. The van der Waals surface area contributed by atoms with Crippen LogP contribution >= 0.6 is 0 Å². The number of fused-ring (bicyclic) bond motifs is 3. The number of carboxylic acid groups (broad SMARTS) is 1. The second-order valence-electron chi connectivity index (χ2n) is 7.32. The van der Waals surface area contributed by atoms with Crippen molar-refractivity contribution in [2.45, 2.75) is 57.8 Å². The van der Waals surface area contributed by atoms with Gasteiger partial charge in [0.1, 0.15) is 5.82 Å². The summed E-state index contributed by atoms with van der Waals surface area (Å²) in [5.74, 6) is -1.52. The van der Waals surface area contributed by atoms with Crippen molar-refractivity contribution < 1.29 is 14.3 Å². The number of hydrogen-bond donors (Lipinski definition) is 1. The van der Waals surface area contributed by atoms with E-state index < -0.39 is 17.2 Å². The van der Waals surface area contributed by atoms with E-state index in [9.17, 15) is 14.3 Å². The molecule has 122 valence electrons. The molecule has 3 saturated carbocycles. The largest absolute Gasteiger partial charge is 0.481 e. The van der Waals surface area contributed by atoms with Crippen LogP contribution in [-0.2, 0) is 4.79 Å². The third-order valence-corrected chi connectivity index (χ3v) is 6.22. The molecule has 1 aromatic rings. The first-order valence-electron chi connectivity index (χ1n) is 8.39. The van der Waals surface area contributed by atoms with Gasteiger partial charge in [0.15, 0.2) is 0 Å². The zero-order valence-electron chi connectivity index (χ0n) is 13.4. The highest BCUT2D eigenvalue weighted by Crippen LogP contribution is 2.64. The summed E-state index contributed by atoms with van der Waals surface area (Å²) in [6.45, 7) is 2.15. The Morgan fingerprint density at radius 2 is 2.09 bits per heavy atom. The molecule has 2 bridgehead atoms. The summed E-state index contributed by atoms with van der Waals surface area (Å²) in [4.78, 5) is 12.0. The topological polar surface area (TPSA) is 61.1 Å². The second kappa shape index (κ2) is 5.63. The van der Waals surface area contributed by atoms with Crippen LogP contribution in [0.4, 0.5) is 4.39 Å². The fraction of sp³-hybridized carbons (Fsp3) is 0.579. The lowest BCUT2D eigenvalue weighted by molar-refractivity contribution is -0.162. The standard InChI is InChI=1S/C19H22FNO2/c1-2-5-18-6-8-19(9-7-18,17(22)23)15(11-18)14-4-3-13(12-21)10-16(14)20/h3-4,10,15H,2,5-9,11H2,1H3,(H,22,23). The molecule has 0 aliphatic heterocycles. The molecule has 1 aromatic carbocycles. The quantitative estimate of drug-likeness (QED) is 0.882. The molecule has 4 heteroatoms. The molecule has 3 nitrogen and oxygen atoms in total. The zero-order valence-corrected chi connectivity index (χ0v) is 13.4. The van der Waals surface area contributed by atoms with Crippen molar-refractivity contribution in [3.05, 3.63) is 35.1 Å². The van der Waals surface area contributed by atoms with Gasteiger partial charge in [-0.05, 0) is 61.6 Å². The van der Waals surface area contributed by atoms with Crippen LogP contribution in [0.5, 0.6) is 0 Å². The van der Waals surface area contributed by atoms with Crippen molar-refractivity contribution in [1.29, 1.82) is 5.26 Å². The van der Waals surface area contributed by atoms with Crippen molar-refractivity contribution in [3.8, 4) is 6.07 Å². The Labute approximate surface area is 136 Å². The maximum atomic E-state index is 14.5. The van der Waals surface area contributed by atoms with Crippen LogP contribution in [0, 0.1) is 28.0 Å². The minimum atomic E-state index is -0.843. The van der Waals surface area contributed by atoms with Gasteiger partial charge in [0, 0.05) is 5.92 Å². The maximum absolute atomic E-state index is 14.5. The summed E-state index contributed by atoms with van der Waals surface area (Å²) in [6.07, 6.45) is 6.03. The van der Waals surface area contributed by atoms with E-state index in [1.54, 1.807) is 12.1 Å². The third-order valence-electron chi connectivity index (χ3n) is 6.22. The Kier molecular flexibility index (Phi) is 3.91. The van der Waals surface area contributed by atoms with Crippen LogP contribution in [0.1, 0.15) is 68.9 Å². The SMILES string of the molecule is CCCC12CCC(C(=O)O)(CC1)C(c1ccc(C#N)cc1F)C2. The molecule has 0 aromatic heterocycles. The van der Waals surface area contributed by atoms with Gasteiger partial charge in [0.25, 0.3) is 0 Å². The van der Waals surface area contributed by atoms with E-state index in [2.05, 4.69) is 6.92 Å². The molecule has 0 saturated heterocycles. The van der Waals surface area contributed by atoms with E-state index in [-0.39, 0.29) is 16.9 Å². The maximum Gasteiger partial charge on any atom is 0.310 e. The molecule has 1 N–H and O–H groups in total. The van der Waals surface area contributed by atoms with E-state index in [0.29, 0.717) is 18.4 Å². The van der Waals surface area contributed by atoms with Gasteiger partial charge in [0.2, 0.25) is 0 Å².